The molecule has 2 aromatic heterocycles. The summed E-state index contributed by atoms with van der Waals surface area (Å²) in [6, 6.07) is 11.7. The Kier molecular flexibility index (Phi) is 4.03. The minimum absolute atomic E-state index is 0.223. The van der Waals surface area contributed by atoms with Gasteiger partial charge in [0.05, 0.1) is 22.4 Å². The lowest BCUT2D eigenvalue weighted by Crippen LogP contribution is -2.12. The molecule has 0 fully saturated rings. The van der Waals surface area contributed by atoms with Crippen LogP contribution < -0.4 is 4.80 Å². The van der Waals surface area contributed by atoms with E-state index in [1.54, 1.807) is 17.0 Å². The quantitative estimate of drug-likeness (QED) is 0.772. The Morgan fingerprint density at radius 3 is 2.92 bits per heavy atom. The normalized spacial score (nSPS) is 15.1. The van der Waals surface area contributed by atoms with Gasteiger partial charge in [0, 0.05) is 30.1 Å². The largest absolute Gasteiger partial charge is 0.493 e. The van der Waals surface area contributed by atoms with E-state index in [1.165, 1.54) is 11.3 Å². The van der Waals surface area contributed by atoms with Gasteiger partial charge in [-0.05, 0) is 31.2 Å². The first-order chi connectivity index (χ1) is 12.3. The van der Waals surface area contributed by atoms with E-state index >= 15 is 0 Å². The van der Waals surface area contributed by atoms with Crippen LogP contribution in [-0.2, 0) is 6.54 Å². The third kappa shape index (κ3) is 2.92. The van der Waals surface area contributed by atoms with E-state index in [2.05, 4.69) is 15.0 Å². The number of benzene rings is 1. The molecular weight excluding hydrogens is 332 g/mol. The van der Waals surface area contributed by atoms with Crippen molar-refractivity contribution >= 4 is 40.6 Å². The van der Waals surface area contributed by atoms with Crippen LogP contribution in [0.5, 0.6) is 5.88 Å². The van der Waals surface area contributed by atoms with Crippen LogP contribution >= 0.6 is 11.3 Å². The molecule has 3 aromatic rings. The highest BCUT2D eigenvalue weighted by Gasteiger charge is 2.15. The summed E-state index contributed by atoms with van der Waals surface area (Å²) in [5, 5.41) is 10.6. The van der Waals surface area contributed by atoms with Gasteiger partial charge in [0.15, 0.2) is 4.80 Å². The number of rotatable bonds is 3. The van der Waals surface area contributed by atoms with Crippen LogP contribution in [0.25, 0.3) is 11.6 Å². The number of aliphatic imine (C=N–C) groups is 1. The summed E-state index contributed by atoms with van der Waals surface area (Å²) >= 11 is 1.45. The Bertz CT molecular complexity index is 1040. The van der Waals surface area contributed by atoms with Crippen molar-refractivity contribution in [1.29, 1.82) is 0 Å². The van der Waals surface area contributed by atoms with Crippen LogP contribution in [0.1, 0.15) is 17.4 Å². The number of pyridine rings is 1. The third-order valence-electron chi connectivity index (χ3n) is 3.94. The Morgan fingerprint density at radius 1 is 1.24 bits per heavy atom. The molecule has 0 spiro atoms. The van der Waals surface area contributed by atoms with E-state index in [-0.39, 0.29) is 5.88 Å². The van der Waals surface area contributed by atoms with E-state index in [0.29, 0.717) is 6.54 Å². The number of allylic oxidation sites excluding steroid dienone is 1. The zero-order valence-electron chi connectivity index (χ0n) is 13.6. The summed E-state index contributed by atoms with van der Waals surface area (Å²) in [5.41, 5.74) is 3.78. The Labute approximate surface area is 149 Å². The Morgan fingerprint density at radius 2 is 2.12 bits per heavy atom. The van der Waals surface area contributed by atoms with Gasteiger partial charge in [0.2, 0.25) is 5.88 Å². The summed E-state index contributed by atoms with van der Waals surface area (Å²) in [4.78, 5) is 14.6. The zero-order chi connectivity index (χ0) is 17.2. The predicted octanol–water partition coefficient (Wildman–Crippen LogP) is 4.16. The highest BCUT2D eigenvalue weighted by atomic mass is 32.1. The molecule has 5 nitrogen and oxygen atoms in total. The SMILES string of the molecule is CCn1c(O)c(/C=C2\C=Nc3ccccc32)sc1=Nc1cccnc1. The highest BCUT2D eigenvalue weighted by Crippen LogP contribution is 2.34. The summed E-state index contributed by atoms with van der Waals surface area (Å²) < 4.78 is 1.79. The lowest BCUT2D eigenvalue weighted by Gasteiger charge is -2.00. The minimum Gasteiger partial charge on any atom is -0.493 e. The van der Waals surface area contributed by atoms with Gasteiger partial charge in [-0.3, -0.25) is 14.5 Å². The standard InChI is InChI=1S/C19H16N4OS/c1-2-23-18(24)17(25-19(23)22-14-6-5-9-20-12-14)10-13-11-21-16-8-4-3-7-15(13)16/h3-12,24H,2H2,1H3/b13-10+,22-19?. The molecule has 4 rings (SSSR count). The number of aromatic nitrogens is 2. The molecule has 1 aliphatic rings. The average molecular weight is 348 g/mol. The molecule has 0 bridgehead atoms. The number of hydrogen-bond donors (Lipinski definition) is 1. The molecule has 6 heteroatoms. The Hall–Kier alpha value is -2.99. The third-order valence-corrected chi connectivity index (χ3v) is 4.95. The molecule has 1 N–H and O–H groups in total. The molecule has 0 saturated carbocycles. The minimum atomic E-state index is 0.223. The van der Waals surface area contributed by atoms with Crippen molar-refractivity contribution in [2.24, 2.45) is 9.98 Å². The van der Waals surface area contributed by atoms with Crippen molar-refractivity contribution in [3.05, 3.63) is 64.0 Å². The van der Waals surface area contributed by atoms with E-state index in [1.807, 2.05) is 55.6 Å². The molecule has 1 aromatic carbocycles. The molecule has 3 heterocycles. The van der Waals surface area contributed by atoms with Crippen LogP contribution in [-0.4, -0.2) is 20.9 Å². The van der Waals surface area contributed by atoms with Gasteiger partial charge in [-0.2, -0.15) is 0 Å². The number of thiazole rings is 1. The van der Waals surface area contributed by atoms with Crippen molar-refractivity contribution in [2.45, 2.75) is 13.5 Å². The maximum absolute atomic E-state index is 10.6. The van der Waals surface area contributed by atoms with Crippen LogP contribution in [0.3, 0.4) is 0 Å². The van der Waals surface area contributed by atoms with Gasteiger partial charge in [-0.1, -0.05) is 29.5 Å². The Balaban J connectivity index is 1.82. The average Bonchev–Trinajstić information content (AvgIpc) is 3.18. The summed E-state index contributed by atoms with van der Waals surface area (Å²) in [7, 11) is 0. The molecule has 124 valence electrons. The molecule has 0 atom stereocenters. The number of hydrogen-bond acceptors (Lipinski definition) is 5. The molecule has 25 heavy (non-hydrogen) atoms. The summed E-state index contributed by atoms with van der Waals surface area (Å²) in [5.74, 6) is 0.223. The van der Waals surface area contributed by atoms with Crippen LogP contribution in [0.2, 0.25) is 0 Å². The smallest absolute Gasteiger partial charge is 0.211 e. The molecular formula is C19H16N4OS. The van der Waals surface area contributed by atoms with Crippen molar-refractivity contribution < 1.29 is 5.11 Å². The zero-order valence-corrected chi connectivity index (χ0v) is 14.4. The van der Waals surface area contributed by atoms with Gasteiger partial charge in [-0.15, -0.1) is 0 Å². The van der Waals surface area contributed by atoms with E-state index in [9.17, 15) is 5.11 Å². The first kappa shape index (κ1) is 15.5. The van der Waals surface area contributed by atoms with E-state index in [4.69, 9.17) is 0 Å². The van der Waals surface area contributed by atoms with Crippen molar-refractivity contribution in [2.75, 3.05) is 0 Å². The summed E-state index contributed by atoms with van der Waals surface area (Å²) in [6.45, 7) is 2.62. The van der Waals surface area contributed by atoms with Gasteiger partial charge in [-0.25, -0.2) is 4.99 Å². The van der Waals surface area contributed by atoms with E-state index < -0.39 is 0 Å². The molecule has 0 unspecified atom stereocenters. The topological polar surface area (TPSA) is 62.8 Å². The second kappa shape index (κ2) is 6.49. The number of nitrogens with zero attached hydrogens (tertiary/aromatic N) is 4. The van der Waals surface area contributed by atoms with Gasteiger partial charge >= 0.3 is 0 Å². The van der Waals surface area contributed by atoms with Crippen LogP contribution in [0.4, 0.5) is 11.4 Å². The molecule has 0 aliphatic carbocycles. The van der Waals surface area contributed by atoms with Crippen molar-refractivity contribution in [3.63, 3.8) is 0 Å². The highest BCUT2D eigenvalue weighted by molar-refractivity contribution is 7.10. The second-order valence-corrected chi connectivity index (χ2v) is 6.52. The lowest BCUT2D eigenvalue weighted by molar-refractivity contribution is 0.416. The number of fused-ring (bicyclic) bond motifs is 1. The monoisotopic (exact) mass is 348 g/mol. The summed E-state index contributed by atoms with van der Waals surface area (Å²) in [6.07, 6.45) is 7.21. The maximum atomic E-state index is 10.6. The lowest BCUT2D eigenvalue weighted by atomic mass is 10.1. The molecule has 0 radical (unpaired) electrons. The fourth-order valence-corrected chi connectivity index (χ4v) is 3.77. The number of para-hydroxylation sites is 1. The second-order valence-electron chi connectivity index (χ2n) is 5.51. The first-order valence-electron chi connectivity index (χ1n) is 7.99. The van der Waals surface area contributed by atoms with Crippen molar-refractivity contribution in [3.8, 4) is 5.88 Å². The molecule has 0 amide bonds. The van der Waals surface area contributed by atoms with Gasteiger partial charge in [0.25, 0.3) is 0 Å². The fourth-order valence-electron chi connectivity index (χ4n) is 2.71. The van der Waals surface area contributed by atoms with Gasteiger partial charge < -0.3 is 5.11 Å². The first-order valence-corrected chi connectivity index (χ1v) is 8.80. The van der Waals surface area contributed by atoms with Crippen LogP contribution in [0.15, 0.2) is 58.8 Å². The molecule has 1 aliphatic heterocycles. The molecule has 0 saturated heterocycles. The van der Waals surface area contributed by atoms with Crippen molar-refractivity contribution in [1.82, 2.24) is 9.55 Å². The number of aromatic hydroxyl groups is 1. The van der Waals surface area contributed by atoms with E-state index in [0.717, 1.165) is 32.2 Å². The van der Waals surface area contributed by atoms with Gasteiger partial charge in [0.1, 0.15) is 0 Å². The predicted molar refractivity (Wildman–Crippen MR) is 102 cm³/mol. The fraction of sp³-hybridized carbons (Fsp3) is 0.105. The van der Waals surface area contributed by atoms with Crippen LogP contribution in [0, 0.1) is 0 Å². The maximum Gasteiger partial charge on any atom is 0.211 e.